The maximum absolute atomic E-state index is 13.1. The number of aryl methyl sites for hydroxylation is 1. The first-order chi connectivity index (χ1) is 13.3. The normalized spacial score (nSPS) is 11.0. The number of pyridine rings is 1. The minimum Gasteiger partial charge on any atom is -0.462 e. The molecule has 0 bridgehead atoms. The molecule has 0 saturated heterocycles. The Morgan fingerprint density at radius 3 is 2.71 bits per heavy atom. The van der Waals surface area contributed by atoms with Crippen LogP contribution in [0.25, 0.3) is 0 Å². The van der Waals surface area contributed by atoms with Gasteiger partial charge >= 0.3 is 5.97 Å². The molecular weight excluding hydrogens is 406 g/mol. The molecule has 0 saturated carbocycles. The Labute approximate surface area is 170 Å². The van der Waals surface area contributed by atoms with E-state index in [4.69, 9.17) is 4.74 Å². The van der Waals surface area contributed by atoms with E-state index in [1.165, 1.54) is 17.4 Å². The highest BCUT2D eigenvalue weighted by Crippen LogP contribution is 2.33. The Balaban J connectivity index is 2.34. The summed E-state index contributed by atoms with van der Waals surface area (Å²) in [6.07, 6.45) is -2.73. The maximum Gasteiger partial charge on any atom is 0.350 e. The van der Waals surface area contributed by atoms with E-state index in [0.29, 0.717) is 21.3 Å². The molecule has 10 heteroatoms. The van der Waals surface area contributed by atoms with Crippen molar-refractivity contribution >= 4 is 34.2 Å². The molecule has 2 heterocycles. The molecule has 0 spiro atoms. The van der Waals surface area contributed by atoms with E-state index in [1.807, 2.05) is 19.9 Å². The van der Waals surface area contributed by atoms with Crippen LogP contribution in [-0.4, -0.2) is 28.6 Å². The number of carbonyl (C=O) groups is 1. The minimum atomic E-state index is -2.73. The number of carbonyl (C=O) groups excluding carboxylic acids is 1. The molecule has 0 atom stereocenters. The van der Waals surface area contributed by atoms with Crippen LogP contribution in [0, 0.1) is 18.3 Å². The number of anilines is 1. The molecular formula is C18H20F2N4O2S2. The first-order valence-electron chi connectivity index (χ1n) is 8.52. The zero-order valence-electron chi connectivity index (χ0n) is 15.9. The molecule has 0 radical (unpaired) electrons. The van der Waals surface area contributed by atoms with E-state index in [-0.39, 0.29) is 34.7 Å². The predicted molar refractivity (Wildman–Crippen MR) is 105 cm³/mol. The highest BCUT2D eigenvalue weighted by molar-refractivity contribution is 7.98. The van der Waals surface area contributed by atoms with Gasteiger partial charge in [-0.05, 0) is 39.3 Å². The van der Waals surface area contributed by atoms with Crippen LogP contribution < -0.4 is 5.32 Å². The number of alkyl halides is 2. The number of aromatic nitrogens is 2. The second-order valence-corrected chi connectivity index (χ2v) is 8.02. The lowest BCUT2D eigenvalue weighted by Gasteiger charge is -2.09. The molecule has 0 aliphatic carbocycles. The molecule has 0 fully saturated rings. The van der Waals surface area contributed by atoms with Crippen LogP contribution in [0.15, 0.2) is 11.1 Å². The SMILES string of the molecule is CCOC(=O)c1sc(NC(C)C)nc1CSc1nc(C(F)F)cc(C)c1C#N. The number of nitrogens with one attached hydrogen (secondary N) is 1. The van der Waals surface area contributed by atoms with Crippen LogP contribution in [0.1, 0.15) is 59.4 Å². The highest BCUT2D eigenvalue weighted by atomic mass is 32.2. The smallest absolute Gasteiger partial charge is 0.350 e. The van der Waals surface area contributed by atoms with Gasteiger partial charge in [0.15, 0.2) is 5.13 Å². The zero-order chi connectivity index (χ0) is 20.8. The van der Waals surface area contributed by atoms with Crippen molar-refractivity contribution in [3.63, 3.8) is 0 Å². The fourth-order valence-electron chi connectivity index (χ4n) is 2.27. The van der Waals surface area contributed by atoms with Gasteiger partial charge in [0.2, 0.25) is 0 Å². The molecule has 2 aromatic rings. The van der Waals surface area contributed by atoms with Crippen molar-refractivity contribution in [2.75, 3.05) is 11.9 Å². The van der Waals surface area contributed by atoms with Crippen molar-refractivity contribution in [3.05, 3.63) is 33.5 Å². The summed E-state index contributed by atoms with van der Waals surface area (Å²) in [6.45, 7) is 7.42. The summed E-state index contributed by atoms with van der Waals surface area (Å²) in [5.74, 6) is -0.295. The number of thiazole rings is 1. The van der Waals surface area contributed by atoms with Crippen LogP contribution in [-0.2, 0) is 10.5 Å². The van der Waals surface area contributed by atoms with Crippen molar-refractivity contribution in [2.24, 2.45) is 0 Å². The van der Waals surface area contributed by atoms with Crippen LogP contribution in [0.5, 0.6) is 0 Å². The van der Waals surface area contributed by atoms with Gasteiger partial charge in [0.05, 0.1) is 17.9 Å². The number of halogens is 2. The summed E-state index contributed by atoms with van der Waals surface area (Å²) in [5.41, 5.74) is 0.747. The van der Waals surface area contributed by atoms with Gasteiger partial charge in [0, 0.05) is 11.8 Å². The quantitative estimate of drug-likeness (QED) is 0.472. The molecule has 2 rings (SSSR count). The van der Waals surface area contributed by atoms with Gasteiger partial charge in [-0.3, -0.25) is 0 Å². The van der Waals surface area contributed by atoms with Crippen LogP contribution in [0.2, 0.25) is 0 Å². The van der Waals surface area contributed by atoms with Gasteiger partial charge in [0.1, 0.15) is 21.7 Å². The molecule has 6 nitrogen and oxygen atoms in total. The maximum atomic E-state index is 13.1. The van der Waals surface area contributed by atoms with Crippen molar-refractivity contribution in [1.82, 2.24) is 9.97 Å². The first kappa shape index (κ1) is 22.0. The molecule has 0 amide bonds. The first-order valence-corrected chi connectivity index (χ1v) is 10.3. The van der Waals surface area contributed by atoms with Crippen molar-refractivity contribution in [1.29, 1.82) is 5.26 Å². The summed E-state index contributed by atoms with van der Waals surface area (Å²) in [6, 6.07) is 3.34. The summed E-state index contributed by atoms with van der Waals surface area (Å²) in [7, 11) is 0. The average molecular weight is 427 g/mol. The second kappa shape index (κ2) is 9.80. The number of esters is 1. The average Bonchev–Trinajstić information content (AvgIpc) is 3.01. The lowest BCUT2D eigenvalue weighted by Crippen LogP contribution is -2.09. The van der Waals surface area contributed by atoms with E-state index in [9.17, 15) is 18.8 Å². The van der Waals surface area contributed by atoms with Crippen LogP contribution >= 0.6 is 23.1 Å². The molecule has 2 aromatic heterocycles. The second-order valence-electron chi connectivity index (χ2n) is 6.06. The van der Waals surface area contributed by atoms with Crippen molar-refractivity contribution < 1.29 is 18.3 Å². The third kappa shape index (κ3) is 5.39. The van der Waals surface area contributed by atoms with E-state index in [0.717, 1.165) is 11.8 Å². The standard InChI is InChI=1S/C18H20F2N4O2S2/c1-5-26-17(25)14-13(24-18(28-14)22-9(2)3)8-27-16-11(7-21)10(4)6-12(23-16)15(19)20/h6,9,15H,5,8H2,1-4H3,(H,22,24). The van der Waals surface area contributed by atoms with Gasteiger partial charge in [-0.15, -0.1) is 0 Å². The molecule has 0 unspecified atom stereocenters. The Morgan fingerprint density at radius 2 is 2.14 bits per heavy atom. The van der Waals surface area contributed by atoms with Gasteiger partial charge in [0.25, 0.3) is 6.43 Å². The highest BCUT2D eigenvalue weighted by Gasteiger charge is 2.22. The molecule has 0 aliphatic rings. The Bertz CT molecular complexity index is 894. The number of ether oxygens (including phenoxy) is 1. The van der Waals surface area contributed by atoms with E-state index in [1.54, 1.807) is 13.8 Å². The molecule has 0 aromatic carbocycles. The van der Waals surface area contributed by atoms with E-state index < -0.39 is 12.4 Å². The number of rotatable bonds is 8. The number of nitrogens with zero attached hydrogens (tertiary/aromatic N) is 3. The fraction of sp³-hybridized carbons (Fsp3) is 0.444. The molecule has 28 heavy (non-hydrogen) atoms. The third-order valence-electron chi connectivity index (χ3n) is 3.45. The summed E-state index contributed by atoms with van der Waals surface area (Å²) < 4.78 is 31.2. The number of thioether (sulfide) groups is 1. The predicted octanol–water partition coefficient (Wildman–Crippen LogP) is 4.95. The van der Waals surface area contributed by atoms with Crippen LogP contribution in [0.3, 0.4) is 0 Å². The number of nitriles is 1. The van der Waals surface area contributed by atoms with Gasteiger partial charge in [-0.2, -0.15) is 5.26 Å². The molecule has 1 N–H and O–H groups in total. The Morgan fingerprint density at radius 1 is 1.43 bits per heavy atom. The molecule has 150 valence electrons. The van der Waals surface area contributed by atoms with E-state index >= 15 is 0 Å². The largest absolute Gasteiger partial charge is 0.462 e. The Hall–Kier alpha value is -2.25. The van der Waals surface area contributed by atoms with Gasteiger partial charge < -0.3 is 10.1 Å². The number of hydrogen-bond acceptors (Lipinski definition) is 8. The van der Waals surface area contributed by atoms with Crippen molar-refractivity contribution in [3.8, 4) is 6.07 Å². The topological polar surface area (TPSA) is 87.9 Å². The summed E-state index contributed by atoms with van der Waals surface area (Å²) >= 11 is 2.27. The lowest BCUT2D eigenvalue weighted by atomic mass is 10.1. The summed E-state index contributed by atoms with van der Waals surface area (Å²) in [5, 5.41) is 13.3. The minimum absolute atomic E-state index is 0.124. The van der Waals surface area contributed by atoms with Gasteiger partial charge in [-0.1, -0.05) is 23.1 Å². The Kier molecular flexibility index (Phi) is 7.71. The van der Waals surface area contributed by atoms with E-state index in [2.05, 4.69) is 15.3 Å². The lowest BCUT2D eigenvalue weighted by molar-refractivity contribution is 0.0531. The van der Waals surface area contributed by atoms with Crippen LogP contribution in [0.4, 0.5) is 13.9 Å². The number of hydrogen-bond donors (Lipinski definition) is 1. The summed E-state index contributed by atoms with van der Waals surface area (Å²) in [4.78, 5) is 20.9. The molecule has 0 aliphatic heterocycles. The van der Waals surface area contributed by atoms with Crippen molar-refractivity contribution in [2.45, 2.75) is 50.9 Å². The third-order valence-corrected chi connectivity index (χ3v) is 5.45. The fourth-order valence-corrected chi connectivity index (χ4v) is 4.39. The van der Waals surface area contributed by atoms with Gasteiger partial charge in [-0.25, -0.2) is 23.5 Å². The monoisotopic (exact) mass is 426 g/mol. The zero-order valence-corrected chi connectivity index (χ0v) is 17.5.